The Morgan fingerprint density at radius 3 is 1.41 bits per heavy atom. The topological polar surface area (TPSA) is 204 Å². The average molecular weight is 1110 g/mol. The van der Waals surface area contributed by atoms with Crippen molar-refractivity contribution < 1.29 is 106 Å². The van der Waals surface area contributed by atoms with Gasteiger partial charge in [-0.3, -0.25) is 18.7 Å². The minimum absolute atomic E-state index is 0. The summed E-state index contributed by atoms with van der Waals surface area (Å²) in [4.78, 5) is 42.0. The molecule has 0 aliphatic rings. The van der Waals surface area contributed by atoms with E-state index in [0.29, 0.717) is 17.2 Å². The van der Waals surface area contributed by atoms with Gasteiger partial charge in [-0.1, -0.05) is 82.4 Å². The van der Waals surface area contributed by atoms with E-state index in [1.54, 1.807) is 62.7 Å². The van der Waals surface area contributed by atoms with Crippen molar-refractivity contribution in [3.63, 3.8) is 0 Å². The van der Waals surface area contributed by atoms with Gasteiger partial charge in [0.25, 0.3) is 0 Å². The first-order chi connectivity index (χ1) is 33.0. The fraction of sp³-hybridized carbons (Fsp3) is 0.174. The van der Waals surface area contributed by atoms with E-state index in [-0.39, 0.29) is 78.8 Å². The van der Waals surface area contributed by atoms with E-state index in [2.05, 4.69) is 34.5 Å². The van der Waals surface area contributed by atoms with Crippen LogP contribution in [0.2, 0.25) is 0 Å². The normalized spacial score (nSPS) is 13.5. The van der Waals surface area contributed by atoms with Crippen LogP contribution in [0, 0.1) is 0 Å². The molecule has 0 aromatic heterocycles. The predicted octanol–water partition coefficient (Wildman–Crippen LogP) is 1.31. The van der Waals surface area contributed by atoms with Crippen molar-refractivity contribution in [2.45, 2.75) is 6.42 Å². The third-order valence-corrected chi connectivity index (χ3v) is 18.9. The predicted molar refractivity (Wildman–Crippen MR) is 279 cm³/mol. The van der Waals surface area contributed by atoms with Gasteiger partial charge in [-0.15, -0.1) is 10.2 Å². The number of hydrogen-bond donors (Lipinski definition) is 2. The zero-order chi connectivity index (χ0) is 49.4. The molecule has 71 heavy (non-hydrogen) atoms. The maximum Gasteiger partial charge on any atom is 1.00 e. The first-order valence-corrected chi connectivity index (χ1v) is 30.6. The first-order valence-electron chi connectivity index (χ1n) is 20.9. The van der Waals surface area contributed by atoms with Crippen LogP contribution in [0.1, 0.15) is 16.7 Å². The smallest absolute Gasteiger partial charge is 0.778 e. The van der Waals surface area contributed by atoms with Crippen LogP contribution in [0.25, 0.3) is 0 Å². The fourth-order valence-electron chi connectivity index (χ4n) is 6.61. The Bertz CT molecular complexity index is 2810. The standard InChI is InChI=1S/C46H49N6O10P5S2.2Na/c1-50(63(68)61-42-24-14-37(15-25-42)30-31-52(35-65(53,54)55)36-66(56,57)58)48-33-39-18-22-41(23-19-39)60-34-49-67(44-10-6-4-7-11-44,45-12-8-5-9-13-45)46-28-26-43(27-29-46)62-64(69)51(2)47-32-38-16-20-40(59-3)21-17-38;;/h4-29,32-33H,30-31,34-36H2,1-3H3,(H2-2,53,54,55,56,57,58);;/q;2*+1. The molecule has 25 heteroatoms. The van der Waals surface area contributed by atoms with E-state index >= 15 is 0 Å². The second kappa shape index (κ2) is 29.2. The van der Waals surface area contributed by atoms with E-state index < -0.39 is 49.0 Å². The van der Waals surface area contributed by atoms with Crippen LogP contribution in [-0.4, -0.2) is 83.7 Å². The molecule has 4 atom stereocenters. The molecule has 0 fully saturated rings. The Balaban J connectivity index is 0.00000548. The molecule has 6 aromatic rings. The molecule has 0 amide bonds. The molecular formula is C46H49N6Na2O10P5S2+2. The van der Waals surface area contributed by atoms with E-state index in [1.165, 1.54) is 4.78 Å². The molecule has 0 saturated carbocycles. The van der Waals surface area contributed by atoms with Crippen LogP contribution in [0.3, 0.4) is 0 Å². The summed E-state index contributed by atoms with van der Waals surface area (Å²) in [6.45, 7) is 0.0197. The number of hydrazone groups is 2. The van der Waals surface area contributed by atoms with Crippen LogP contribution in [0.5, 0.6) is 23.0 Å². The Kier molecular flexibility index (Phi) is 24.9. The third-order valence-electron chi connectivity index (χ3n) is 9.95. The van der Waals surface area contributed by atoms with Gasteiger partial charge in [0.15, 0.2) is 18.2 Å². The number of ether oxygens (including phenoxy) is 2. The van der Waals surface area contributed by atoms with Gasteiger partial charge in [-0.25, -0.2) is 0 Å². The van der Waals surface area contributed by atoms with Crippen LogP contribution < -0.4 is 103 Å². The molecule has 6 aromatic carbocycles. The van der Waals surface area contributed by atoms with Crippen molar-refractivity contribution in [1.29, 1.82) is 0 Å². The number of benzene rings is 6. The van der Waals surface area contributed by atoms with Gasteiger partial charge >= 0.3 is 73.3 Å². The van der Waals surface area contributed by atoms with Crippen LogP contribution in [-0.2, 0) is 39.2 Å². The molecular weight excluding hydrogens is 1060 g/mol. The molecule has 2 N–H and O–H groups in total. The molecule has 4 unspecified atom stereocenters. The number of nitrogens with zero attached hydrogens (tertiary/aromatic N) is 6. The van der Waals surface area contributed by atoms with Crippen LogP contribution in [0.15, 0.2) is 173 Å². The molecule has 16 nitrogen and oxygen atoms in total. The van der Waals surface area contributed by atoms with Gasteiger partial charge in [-0.05, 0) is 108 Å². The van der Waals surface area contributed by atoms with Crippen molar-refractivity contribution in [2.75, 3.05) is 47.1 Å². The number of methoxy groups -OCH3 is 1. The van der Waals surface area contributed by atoms with Gasteiger partial charge < -0.3 is 38.2 Å². The Morgan fingerprint density at radius 1 is 0.592 bits per heavy atom. The first kappa shape index (κ1) is 60.5. The Labute approximate surface area is 470 Å². The number of rotatable bonds is 24. The summed E-state index contributed by atoms with van der Waals surface area (Å²) >= 11 is 11.3. The monoisotopic (exact) mass is 1110 g/mol. The van der Waals surface area contributed by atoms with Gasteiger partial charge in [0, 0.05) is 22.5 Å². The van der Waals surface area contributed by atoms with Gasteiger partial charge in [-0.2, -0.15) is 0 Å². The van der Waals surface area contributed by atoms with E-state index in [9.17, 15) is 28.7 Å². The quantitative estimate of drug-likeness (QED) is 0.0380. The van der Waals surface area contributed by atoms with Crippen molar-refractivity contribution in [3.8, 4) is 23.0 Å². The minimum atomic E-state index is -4.80. The molecule has 0 aliphatic carbocycles. The molecule has 0 spiro atoms. The third kappa shape index (κ3) is 19.3. The zero-order valence-electron chi connectivity index (χ0n) is 39.6. The molecule has 0 bridgehead atoms. The summed E-state index contributed by atoms with van der Waals surface area (Å²) < 4.78 is 54.9. The van der Waals surface area contributed by atoms with E-state index in [0.717, 1.165) is 43.3 Å². The van der Waals surface area contributed by atoms with Crippen molar-refractivity contribution in [2.24, 2.45) is 14.9 Å². The molecule has 0 saturated heterocycles. The molecule has 360 valence electrons. The minimum Gasteiger partial charge on any atom is -0.778 e. The SMILES string of the molecule is COc1ccc(C=NN(C)[P+](=S)Oc2ccc(P(=NCOc3ccc(C=NN(C)[P+](=S)Oc4ccc(CCN(CP(=O)([O-])O)CP(=O)([O-])O)cc4)cc3)(c3ccccc3)c3ccccc3)cc2)cc1.[Na+].[Na+]. The fourth-order valence-corrected chi connectivity index (χ4v) is 13.5. The molecule has 6 rings (SSSR count). The van der Waals surface area contributed by atoms with Crippen molar-refractivity contribution >= 4 is 88.4 Å². The second-order valence-electron chi connectivity index (χ2n) is 15.0. The largest absolute Gasteiger partial charge is 1.00 e. The van der Waals surface area contributed by atoms with Gasteiger partial charge in [0.05, 0.1) is 53.3 Å². The number of hydrogen-bond acceptors (Lipinski definition) is 14. The zero-order valence-corrected chi connectivity index (χ0v) is 49.7. The summed E-state index contributed by atoms with van der Waals surface area (Å²) in [5.74, 6) is 2.47. The Morgan fingerprint density at radius 2 is 0.986 bits per heavy atom. The van der Waals surface area contributed by atoms with Crippen LogP contribution in [0.4, 0.5) is 0 Å². The summed E-state index contributed by atoms with van der Waals surface area (Å²) in [7, 11) is -10.2. The van der Waals surface area contributed by atoms with E-state index in [4.69, 9.17) is 46.9 Å². The molecule has 0 heterocycles. The maximum absolute atomic E-state index is 11.3. The van der Waals surface area contributed by atoms with Crippen molar-refractivity contribution in [3.05, 3.63) is 174 Å². The maximum atomic E-state index is 11.3. The molecule has 0 aliphatic heterocycles. The van der Waals surface area contributed by atoms with Gasteiger partial charge in [0.1, 0.15) is 26.7 Å². The summed E-state index contributed by atoms with van der Waals surface area (Å²) in [6.07, 6.45) is 1.80. The second-order valence-corrected chi connectivity index (χ2v) is 25.6. The Hall–Kier alpha value is -3.01. The van der Waals surface area contributed by atoms with E-state index in [1.807, 2.05) is 109 Å². The summed E-state index contributed by atoms with van der Waals surface area (Å²) in [5, 5.41) is 12.1. The van der Waals surface area contributed by atoms with Crippen molar-refractivity contribution in [1.82, 2.24) is 14.5 Å². The summed E-state index contributed by atoms with van der Waals surface area (Å²) in [6, 6.07) is 50.2. The average Bonchev–Trinajstić information content (AvgIpc) is 3.34. The summed E-state index contributed by atoms with van der Waals surface area (Å²) in [5.41, 5.74) is 2.43. The van der Waals surface area contributed by atoms with Crippen LogP contribution >= 0.6 is 36.4 Å². The van der Waals surface area contributed by atoms with Gasteiger partial charge in [0.2, 0.25) is 23.6 Å². The molecule has 0 radical (unpaired) electrons.